The van der Waals surface area contributed by atoms with Crippen LogP contribution in [0.1, 0.15) is 26.3 Å². The van der Waals surface area contributed by atoms with E-state index in [1.54, 1.807) is 0 Å². The van der Waals surface area contributed by atoms with Crippen LogP contribution in [0.25, 0.3) is 0 Å². The van der Waals surface area contributed by atoms with E-state index in [9.17, 15) is 19.8 Å². The highest BCUT2D eigenvalue weighted by molar-refractivity contribution is 9.15. The van der Waals surface area contributed by atoms with Crippen LogP contribution in [0.2, 0.25) is 0 Å². The molecule has 0 fully saturated rings. The Bertz CT molecular complexity index is 843. The fourth-order valence-electron chi connectivity index (χ4n) is 2.36. The van der Waals surface area contributed by atoms with Gasteiger partial charge in [-0.1, -0.05) is 30.3 Å². The van der Waals surface area contributed by atoms with Crippen molar-refractivity contribution in [2.75, 3.05) is 6.61 Å². The molecule has 26 heavy (non-hydrogen) atoms. The third-order valence-corrected chi connectivity index (χ3v) is 8.36. The number of aromatic carboxylic acids is 1. The Morgan fingerprint density at radius 3 is 1.96 bits per heavy atom. The third-order valence-electron chi connectivity index (χ3n) is 3.59. The fraction of sp³-hybridized carbons (Fsp3) is 0.176. The van der Waals surface area contributed by atoms with Gasteiger partial charge in [0, 0.05) is 17.9 Å². The van der Waals surface area contributed by atoms with Crippen molar-refractivity contribution in [3.05, 3.63) is 64.9 Å². The van der Waals surface area contributed by atoms with Gasteiger partial charge in [-0.2, -0.15) is 0 Å². The zero-order valence-electron chi connectivity index (χ0n) is 13.1. The largest absolute Gasteiger partial charge is 0.478 e. The van der Waals surface area contributed by atoms with Gasteiger partial charge in [0.2, 0.25) is 0 Å². The molecule has 0 aromatic heterocycles. The highest BCUT2D eigenvalue weighted by Crippen LogP contribution is 2.42. The Hall–Kier alpha value is -0.740. The maximum absolute atomic E-state index is 12.8. The first kappa shape index (κ1) is 21.6. The number of hydrogen-bond acceptors (Lipinski definition) is 3. The first-order chi connectivity index (χ1) is 12.3. The van der Waals surface area contributed by atoms with Crippen LogP contribution in [-0.4, -0.2) is 34.7 Å². The van der Waals surface area contributed by atoms with E-state index in [0.29, 0.717) is 19.8 Å². The van der Waals surface area contributed by atoms with E-state index in [2.05, 4.69) is 69.0 Å². The second-order valence-corrected chi connectivity index (χ2v) is 8.53. The molecular weight excluding hydrogens is 602 g/mol. The Kier molecular flexibility index (Phi) is 7.84. The van der Waals surface area contributed by atoms with Crippen LogP contribution in [0.3, 0.4) is 0 Å². The summed E-state index contributed by atoms with van der Waals surface area (Å²) in [6.07, 6.45) is 0.419. The molecule has 0 aliphatic heterocycles. The lowest BCUT2D eigenvalue weighted by atomic mass is 10.0. The van der Waals surface area contributed by atoms with Crippen molar-refractivity contribution < 1.29 is 19.8 Å². The topological polar surface area (TPSA) is 86.6 Å². The number of carbonyl (C=O) groups excluding carboxylic acids is 1. The lowest BCUT2D eigenvalue weighted by molar-refractivity contribution is 0.0688. The van der Waals surface area contributed by atoms with E-state index in [-0.39, 0.29) is 22.2 Å². The van der Waals surface area contributed by atoms with E-state index in [4.69, 9.17) is 0 Å². The van der Waals surface area contributed by atoms with Crippen LogP contribution in [-0.2, 0) is 6.42 Å². The van der Waals surface area contributed by atoms with Crippen LogP contribution in [0.4, 0.5) is 0 Å². The van der Waals surface area contributed by atoms with Gasteiger partial charge in [-0.3, -0.25) is 4.79 Å². The molecule has 0 saturated heterocycles. The molecule has 0 spiro atoms. The van der Waals surface area contributed by atoms with Crippen molar-refractivity contribution in [2.24, 2.45) is 0 Å². The van der Waals surface area contributed by atoms with Gasteiger partial charge in [0.1, 0.15) is 0 Å². The first-order valence-electron chi connectivity index (χ1n) is 7.32. The van der Waals surface area contributed by atoms with E-state index in [1.807, 2.05) is 30.3 Å². The number of carbonyl (C=O) groups is 2. The minimum atomic E-state index is -1.25. The molecule has 0 unspecified atom stereocenters. The van der Waals surface area contributed by atoms with Crippen LogP contribution in [0, 0.1) is 0 Å². The van der Waals surface area contributed by atoms with Crippen molar-refractivity contribution in [2.45, 2.75) is 12.5 Å². The zero-order valence-corrected chi connectivity index (χ0v) is 19.4. The lowest BCUT2D eigenvalue weighted by Crippen LogP contribution is -2.40. The Balaban J connectivity index is 2.38. The molecule has 2 aromatic carbocycles. The highest BCUT2D eigenvalue weighted by atomic mass is 79.9. The smallest absolute Gasteiger partial charge is 0.337 e. The molecule has 3 N–H and O–H groups in total. The monoisotopic (exact) mass is 611 g/mol. The normalized spacial score (nSPS) is 11.9. The minimum absolute atomic E-state index is 0.0361. The SMILES string of the molecule is O=C(O)c1c(Br)c(Br)c(Br)c(Br)c1C(=O)N[C@H](CO)Cc1ccccc1. The van der Waals surface area contributed by atoms with Gasteiger partial charge in [-0.15, -0.1) is 0 Å². The Morgan fingerprint density at radius 1 is 0.923 bits per heavy atom. The summed E-state index contributed by atoms with van der Waals surface area (Å²) in [5, 5.41) is 21.9. The maximum atomic E-state index is 12.8. The Morgan fingerprint density at radius 2 is 1.46 bits per heavy atom. The van der Waals surface area contributed by atoms with Gasteiger partial charge >= 0.3 is 5.97 Å². The lowest BCUT2D eigenvalue weighted by Gasteiger charge is -2.19. The summed E-state index contributed by atoms with van der Waals surface area (Å²) < 4.78 is 1.53. The number of halogens is 4. The number of hydrogen-bond donors (Lipinski definition) is 3. The number of carboxylic acids is 1. The van der Waals surface area contributed by atoms with Gasteiger partial charge in [0.05, 0.1) is 23.8 Å². The van der Waals surface area contributed by atoms with Crippen molar-refractivity contribution in [1.29, 1.82) is 0 Å². The first-order valence-corrected chi connectivity index (χ1v) is 10.5. The number of amides is 1. The van der Waals surface area contributed by atoms with Crippen LogP contribution in [0.5, 0.6) is 0 Å². The molecule has 5 nitrogen and oxygen atoms in total. The Labute approximate surface area is 183 Å². The van der Waals surface area contributed by atoms with Crippen LogP contribution < -0.4 is 5.32 Å². The zero-order chi connectivity index (χ0) is 19.4. The van der Waals surface area contributed by atoms with Crippen molar-refractivity contribution >= 4 is 75.6 Å². The predicted molar refractivity (Wildman–Crippen MR) is 113 cm³/mol. The summed E-state index contributed by atoms with van der Waals surface area (Å²) in [6, 6.07) is 8.84. The highest BCUT2D eigenvalue weighted by Gasteiger charge is 2.28. The molecule has 0 radical (unpaired) electrons. The van der Waals surface area contributed by atoms with Gasteiger partial charge in [0.25, 0.3) is 5.91 Å². The number of aliphatic hydroxyl groups excluding tert-OH is 1. The van der Waals surface area contributed by atoms with Crippen molar-refractivity contribution in [1.82, 2.24) is 5.32 Å². The molecule has 9 heteroatoms. The second kappa shape index (κ2) is 9.45. The number of benzene rings is 2. The quantitative estimate of drug-likeness (QED) is 0.323. The summed E-state index contributed by atoms with van der Waals surface area (Å²) in [6.45, 7) is -0.278. The third kappa shape index (κ3) is 4.75. The summed E-state index contributed by atoms with van der Waals surface area (Å²) >= 11 is 13.1. The molecule has 2 rings (SSSR count). The molecular formula is C17H13Br4NO4. The molecule has 138 valence electrons. The maximum Gasteiger partial charge on any atom is 0.337 e. The summed E-state index contributed by atoms with van der Waals surface area (Å²) in [4.78, 5) is 24.5. The molecule has 0 bridgehead atoms. The summed E-state index contributed by atoms with van der Waals surface area (Å²) in [5.74, 6) is -1.85. The minimum Gasteiger partial charge on any atom is -0.478 e. The fourth-order valence-corrected chi connectivity index (χ4v) is 4.83. The van der Waals surface area contributed by atoms with E-state index < -0.39 is 17.9 Å². The summed E-state index contributed by atoms with van der Waals surface area (Å²) in [7, 11) is 0. The molecule has 0 saturated carbocycles. The molecule has 0 aliphatic rings. The van der Waals surface area contributed by atoms with E-state index >= 15 is 0 Å². The van der Waals surface area contributed by atoms with Crippen LogP contribution >= 0.6 is 63.7 Å². The van der Waals surface area contributed by atoms with Crippen molar-refractivity contribution in [3.63, 3.8) is 0 Å². The number of carboxylic acid groups (broad SMARTS) is 1. The number of nitrogens with one attached hydrogen (secondary N) is 1. The average molecular weight is 615 g/mol. The molecule has 1 atom stereocenters. The van der Waals surface area contributed by atoms with Gasteiger partial charge in [-0.05, 0) is 75.7 Å². The van der Waals surface area contributed by atoms with Gasteiger partial charge in [0.15, 0.2) is 0 Å². The standard InChI is InChI=1S/C17H13Br4NO4/c18-12-10(11(17(25)26)13(19)15(21)14(12)20)16(24)22-9(7-23)6-8-4-2-1-3-5-8/h1-5,9,23H,6-7H2,(H,22,24)(H,25,26)/t9-/m0/s1. The average Bonchev–Trinajstić information content (AvgIpc) is 2.62. The van der Waals surface area contributed by atoms with Crippen molar-refractivity contribution in [3.8, 4) is 0 Å². The van der Waals surface area contributed by atoms with Gasteiger partial charge < -0.3 is 15.5 Å². The molecule has 1 amide bonds. The predicted octanol–water partition coefficient (Wildman–Crippen LogP) is 4.77. The molecule has 2 aromatic rings. The molecule has 0 heterocycles. The van der Waals surface area contributed by atoms with Gasteiger partial charge in [-0.25, -0.2) is 4.79 Å². The van der Waals surface area contributed by atoms with E-state index in [0.717, 1.165) is 5.56 Å². The second-order valence-electron chi connectivity index (χ2n) is 5.35. The number of aliphatic hydroxyl groups is 1. The van der Waals surface area contributed by atoms with E-state index in [1.165, 1.54) is 0 Å². The number of rotatable bonds is 6. The van der Waals surface area contributed by atoms with Crippen LogP contribution in [0.15, 0.2) is 48.2 Å². The molecule has 0 aliphatic carbocycles. The summed E-state index contributed by atoms with van der Waals surface area (Å²) in [5.41, 5.74) is 0.731.